The van der Waals surface area contributed by atoms with Crippen molar-refractivity contribution in [3.63, 3.8) is 0 Å². The third-order valence-electron chi connectivity index (χ3n) is 2.50. The van der Waals surface area contributed by atoms with E-state index in [1.54, 1.807) is 0 Å². The number of halogens is 1. The van der Waals surface area contributed by atoms with Crippen LogP contribution in [0.15, 0.2) is 23.1 Å². The van der Waals surface area contributed by atoms with E-state index in [4.69, 9.17) is 11.6 Å². The van der Waals surface area contributed by atoms with Crippen molar-refractivity contribution in [1.82, 2.24) is 10.3 Å². The van der Waals surface area contributed by atoms with E-state index in [0.717, 1.165) is 0 Å². The van der Waals surface area contributed by atoms with Crippen LogP contribution in [0, 0.1) is 5.92 Å². The van der Waals surface area contributed by atoms with Gasteiger partial charge in [0.2, 0.25) is 5.56 Å². The Kier molecular flexibility index (Phi) is 4.55. The Morgan fingerprint density at radius 1 is 1.50 bits per heavy atom. The summed E-state index contributed by atoms with van der Waals surface area (Å²) in [6, 6.07) is 2.81. The molecule has 1 rings (SSSR count). The van der Waals surface area contributed by atoms with E-state index in [0.29, 0.717) is 11.4 Å². The third kappa shape index (κ3) is 3.38. The summed E-state index contributed by atoms with van der Waals surface area (Å²) in [5.74, 6) is 0.488. The Hall–Kier alpha value is -1.29. The molecule has 0 aliphatic carbocycles. The first kappa shape index (κ1) is 12.8. The van der Waals surface area contributed by atoms with Crippen LogP contribution < -0.4 is 10.9 Å². The Morgan fingerprint density at radius 3 is 2.69 bits per heavy atom. The first-order chi connectivity index (χ1) is 7.54. The molecule has 2 N–H and O–H groups in total. The summed E-state index contributed by atoms with van der Waals surface area (Å²) in [4.78, 5) is 25.0. The molecule has 0 saturated heterocycles. The highest BCUT2D eigenvalue weighted by molar-refractivity contribution is 6.18. The second kappa shape index (κ2) is 5.70. The highest BCUT2D eigenvalue weighted by atomic mass is 35.5. The topological polar surface area (TPSA) is 62.0 Å². The lowest BCUT2D eigenvalue weighted by Gasteiger charge is -2.18. The first-order valence-electron chi connectivity index (χ1n) is 5.10. The van der Waals surface area contributed by atoms with Gasteiger partial charge in [-0.15, -0.1) is 11.6 Å². The molecule has 0 fully saturated rings. The lowest BCUT2D eigenvalue weighted by Crippen LogP contribution is -2.37. The van der Waals surface area contributed by atoms with E-state index in [2.05, 4.69) is 10.3 Å². The van der Waals surface area contributed by atoms with Crippen LogP contribution in [-0.4, -0.2) is 22.8 Å². The van der Waals surface area contributed by atoms with Crippen molar-refractivity contribution in [2.24, 2.45) is 5.92 Å². The Morgan fingerprint density at radius 2 is 2.19 bits per heavy atom. The standard InChI is InChI=1S/C11H15ClN2O2/c1-7(5-12)8(2)14-11(16)9-3-4-10(15)13-6-9/h3-4,6-8H,5H2,1-2H3,(H,13,15)(H,14,16). The van der Waals surface area contributed by atoms with Crippen molar-refractivity contribution in [2.75, 3.05) is 5.88 Å². The molecule has 4 nitrogen and oxygen atoms in total. The maximum Gasteiger partial charge on any atom is 0.252 e. The number of aromatic amines is 1. The number of nitrogens with one attached hydrogen (secondary N) is 2. The summed E-state index contributed by atoms with van der Waals surface area (Å²) >= 11 is 5.70. The zero-order valence-corrected chi connectivity index (χ0v) is 10.0. The molecule has 1 aromatic heterocycles. The number of aromatic nitrogens is 1. The summed E-state index contributed by atoms with van der Waals surface area (Å²) < 4.78 is 0. The van der Waals surface area contributed by atoms with Crippen LogP contribution in [0.1, 0.15) is 24.2 Å². The van der Waals surface area contributed by atoms with Crippen molar-refractivity contribution < 1.29 is 4.79 Å². The SMILES string of the molecule is CC(CCl)C(C)NC(=O)c1ccc(=O)[nH]c1. The van der Waals surface area contributed by atoms with E-state index >= 15 is 0 Å². The predicted molar refractivity (Wildman–Crippen MR) is 63.9 cm³/mol. The van der Waals surface area contributed by atoms with Gasteiger partial charge in [-0.2, -0.15) is 0 Å². The summed E-state index contributed by atoms with van der Waals surface area (Å²) in [5, 5.41) is 2.82. The fourth-order valence-electron chi connectivity index (χ4n) is 1.12. The van der Waals surface area contributed by atoms with Gasteiger partial charge in [0.25, 0.3) is 5.91 Å². The molecule has 0 bridgehead atoms. The molecule has 2 unspecified atom stereocenters. The fraction of sp³-hybridized carbons (Fsp3) is 0.455. The van der Waals surface area contributed by atoms with Crippen LogP contribution in [-0.2, 0) is 0 Å². The van der Waals surface area contributed by atoms with Gasteiger partial charge in [-0.05, 0) is 18.9 Å². The van der Waals surface area contributed by atoms with Crippen molar-refractivity contribution in [3.8, 4) is 0 Å². The maximum absolute atomic E-state index is 11.7. The molecular weight excluding hydrogens is 228 g/mol. The number of carbonyl (C=O) groups is 1. The molecule has 0 spiro atoms. The van der Waals surface area contributed by atoms with Crippen molar-refractivity contribution >= 4 is 17.5 Å². The van der Waals surface area contributed by atoms with Crippen molar-refractivity contribution in [3.05, 3.63) is 34.2 Å². The number of pyridine rings is 1. The molecule has 0 saturated carbocycles. The quantitative estimate of drug-likeness (QED) is 0.784. The fourth-order valence-corrected chi connectivity index (χ4v) is 1.39. The molecule has 0 radical (unpaired) electrons. The number of carbonyl (C=O) groups excluding carboxylic acids is 1. The van der Waals surface area contributed by atoms with Gasteiger partial charge in [0.1, 0.15) is 0 Å². The number of amides is 1. The van der Waals surface area contributed by atoms with Crippen LogP contribution >= 0.6 is 11.6 Å². The van der Waals surface area contributed by atoms with Crippen LogP contribution in [0.4, 0.5) is 0 Å². The van der Waals surface area contributed by atoms with Crippen molar-refractivity contribution in [2.45, 2.75) is 19.9 Å². The normalized spacial score (nSPS) is 14.2. The lowest BCUT2D eigenvalue weighted by atomic mass is 10.1. The molecule has 16 heavy (non-hydrogen) atoms. The van der Waals surface area contributed by atoms with Gasteiger partial charge in [-0.25, -0.2) is 0 Å². The van der Waals surface area contributed by atoms with Crippen LogP contribution in [0.5, 0.6) is 0 Å². The molecule has 1 amide bonds. The molecule has 2 atom stereocenters. The van der Waals surface area contributed by atoms with E-state index in [-0.39, 0.29) is 23.4 Å². The first-order valence-corrected chi connectivity index (χ1v) is 5.63. The highest BCUT2D eigenvalue weighted by Crippen LogP contribution is 2.05. The number of hydrogen-bond donors (Lipinski definition) is 2. The van der Waals surface area contributed by atoms with Gasteiger partial charge < -0.3 is 10.3 Å². The average molecular weight is 243 g/mol. The largest absolute Gasteiger partial charge is 0.349 e. The minimum Gasteiger partial charge on any atom is -0.349 e. The second-order valence-corrected chi connectivity index (χ2v) is 4.14. The lowest BCUT2D eigenvalue weighted by molar-refractivity contribution is 0.0930. The van der Waals surface area contributed by atoms with E-state index in [1.807, 2.05) is 13.8 Å². The smallest absolute Gasteiger partial charge is 0.252 e. The number of alkyl halides is 1. The third-order valence-corrected chi connectivity index (χ3v) is 2.99. The van der Waals surface area contributed by atoms with Gasteiger partial charge in [-0.1, -0.05) is 6.92 Å². The summed E-state index contributed by atoms with van der Waals surface area (Å²) in [6.45, 7) is 3.86. The zero-order valence-electron chi connectivity index (χ0n) is 9.29. The minimum absolute atomic E-state index is 0.00284. The van der Waals surface area contributed by atoms with Crippen LogP contribution in [0.2, 0.25) is 0 Å². The summed E-state index contributed by atoms with van der Waals surface area (Å²) in [6.07, 6.45) is 1.40. The second-order valence-electron chi connectivity index (χ2n) is 3.84. The molecule has 1 heterocycles. The highest BCUT2D eigenvalue weighted by Gasteiger charge is 2.14. The Labute approximate surface area is 99.0 Å². The molecule has 1 aromatic rings. The van der Waals surface area contributed by atoms with Crippen molar-refractivity contribution in [1.29, 1.82) is 0 Å². The Balaban J connectivity index is 2.65. The zero-order chi connectivity index (χ0) is 12.1. The van der Waals surface area contributed by atoms with Gasteiger partial charge in [0.15, 0.2) is 0 Å². The Bertz CT molecular complexity index is 396. The van der Waals surface area contributed by atoms with Gasteiger partial charge in [0, 0.05) is 24.2 Å². The predicted octanol–water partition coefficient (Wildman–Crippen LogP) is 1.37. The van der Waals surface area contributed by atoms with E-state index in [9.17, 15) is 9.59 Å². The summed E-state index contributed by atoms with van der Waals surface area (Å²) in [5.41, 5.74) is 0.215. The monoisotopic (exact) mass is 242 g/mol. The maximum atomic E-state index is 11.7. The van der Waals surface area contributed by atoms with Gasteiger partial charge >= 0.3 is 0 Å². The molecule has 0 aromatic carbocycles. The molecular formula is C11H15ClN2O2. The van der Waals surface area contributed by atoms with Gasteiger partial charge in [-0.3, -0.25) is 9.59 Å². The van der Waals surface area contributed by atoms with Gasteiger partial charge in [0.05, 0.1) is 5.56 Å². The molecule has 0 aliphatic heterocycles. The van der Waals surface area contributed by atoms with E-state index < -0.39 is 0 Å². The van der Waals surface area contributed by atoms with E-state index in [1.165, 1.54) is 18.3 Å². The molecule has 5 heteroatoms. The van der Waals surface area contributed by atoms with Crippen LogP contribution in [0.3, 0.4) is 0 Å². The van der Waals surface area contributed by atoms with Crippen LogP contribution in [0.25, 0.3) is 0 Å². The molecule has 0 aliphatic rings. The molecule has 88 valence electrons. The average Bonchev–Trinajstić information content (AvgIpc) is 2.28. The minimum atomic E-state index is -0.223. The number of H-pyrrole nitrogens is 1. The number of hydrogen-bond acceptors (Lipinski definition) is 2. The number of rotatable bonds is 4. The summed E-state index contributed by atoms with van der Waals surface area (Å²) in [7, 11) is 0.